The van der Waals surface area contributed by atoms with Gasteiger partial charge in [-0.2, -0.15) is 0 Å². The molecule has 0 aliphatic heterocycles. The summed E-state index contributed by atoms with van der Waals surface area (Å²) in [5.74, 6) is 0. The maximum absolute atomic E-state index is 12.3. The molecule has 0 fully saturated rings. The molecule has 1 unspecified atom stereocenters. The van der Waals surface area contributed by atoms with Gasteiger partial charge in [0.15, 0.2) is 0 Å². The summed E-state index contributed by atoms with van der Waals surface area (Å²) in [6.07, 6.45) is -0.0887. The van der Waals surface area contributed by atoms with Crippen LogP contribution in [0.25, 0.3) is 0 Å². The number of sulfonamides is 1. The second-order valence-corrected chi connectivity index (χ2v) is 7.19. The summed E-state index contributed by atoms with van der Waals surface area (Å²) in [6, 6.07) is 5.10. The molecule has 0 bridgehead atoms. The van der Waals surface area contributed by atoms with E-state index in [1.54, 1.807) is 26.0 Å². The number of aliphatic hydroxyl groups excluding tert-OH is 1. The van der Waals surface area contributed by atoms with Crippen molar-refractivity contribution in [1.29, 1.82) is 0 Å². The van der Waals surface area contributed by atoms with E-state index >= 15 is 0 Å². The van der Waals surface area contributed by atoms with Crippen molar-refractivity contribution in [2.24, 2.45) is 0 Å². The monoisotopic (exact) mass is 335 g/mol. The van der Waals surface area contributed by atoms with Crippen molar-refractivity contribution < 1.29 is 13.5 Å². The summed E-state index contributed by atoms with van der Waals surface area (Å²) >= 11 is 3.33. The van der Waals surface area contributed by atoms with Gasteiger partial charge in [0.05, 0.1) is 11.0 Å². The second kappa shape index (κ2) is 6.14. The average Bonchev–Trinajstić information content (AvgIpc) is 2.29. The molecule has 0 spiro atoms. The normalized spacial score (nSPS) is 13.9. The lowest BCUT2D eigenvalue weighted by Gasteiger charge is -2.19. The maximum Gasteiger partial charge on any atom is 0.243 e. The largest absolute Gasteiger partial charge is 0.393 e. The molecule has 0 amide bonds. The van der Waals surface area contributed by atoms with Gasteiger partial charge in [-0.1, -0.05) is 22.0 Å². The predicted molar refractivity (Wildman–Crippen MR) is 75.0 cm³/mol. The van der Waals surface area contributed by atoms with Gasteiger partial charge >= 0.3 is 0 Å². The minimum atomic E-state index is -3.50. The third-order valence-electron chi connectivity index (χ3n) is 2.77. The SMILES string of the molecule is Cc1c(Br)cccc1S(=O)(=O)N(C)CCC(C)O. The molecule has 1 atom stereocenters. The number of aliphatic hydroxyl groups is 1. The first kappa shape index (κ1) is 15.6. The van der Waals surface area contributed by atoms with Crippen LogP contribution in [0.3, 0.4) is 0 Å². The highest BCUT2D eigenvalue weighted by molar-refractivity contribution is 9.10. The smallest absolute Gasteiger partial charge is 0.243 e. The highest BCUT2D eigenvalue weighted by Gasteiger charge is 2.23. The van der Waals surface area contributed by atoms with E-state index < -0.39 is 16.1 Å². The molecule has 1 N–H and O–H groups in total. The highest BCUT2D eigenvalue weighted by Crippen LogP contribution is 2.25. The van der Waals surface area contributed by atoms with Crippen molar-refractivity contribution in [3.8, 4) is 0 Å². The Labute approximate surface area is 117 Å². The molecule has 0 saturated heterocycles. The molecule has 0 aliphatic rings. The standard InChI is InChI=1S/C12H18BrNO3S/c1-9(15)7-8-14(3)18(16,17)12-6-4-5-11(13)10(12)2/h4-6,9,15H,7-8H2,1-3H3. The lowest BCUT2D eigenvalue weighted by molar-refractivity contribution is 0.177. The fourth-order valence-corrected chi connectivity index (χ4v) is 3.45. The Balaban J connectivity index is 3.02. The molecule has 0 aromatic heterocycles. The fraction of sp³-hybridized carbons (Fsp3) is 0.500. The topological polar surface area (TPSA) is 57.6 Å². The van der Waals surface area contributed by atoms with E-state index in [-0.39, 0.29) is 0 Å². The first-order valence-electron chi connectivity index (χ1n) is 5.66. The van der Waals surface area contributed by atoms with Crippen LogP contribution in [0.2, 0.25) is 0 Å². The van der Waals surface area contributed by atoms with Crippen molar-refractivity contribution in [2.75, 3.05) is 13.6 Å². The maximum atomic E-state index is 12.3. The fourth-order valence-electron chi connectivity index (χ4n) is 1.52. The van der Waals surface area contributed by atoms with E-state index in [0.29, 0.717) is 23.4 Å². The Morgan fingerprint density at radius 3 is 2.61 bits per heavy atom. The van der Waals surface area contributed by atoms with Gasteiger partial charge in [-0.3, -0.25) is 0 Å². The number of hydrogen-bond acceptors (Lipinski definition) is 3. The molecule has 1 aromatic rings. The summed E-state index contributed by atoms with van der Waals surface area (Å²) in [6.45, 7) is 3.70. The molecule has 0 saturated carbocycles. The Morgan fingerprint density at radius 2 is 2.06 bits per heavy atom. The van der Waals surface area contributed by atoms with Crippen LogP contribution in [-0.2, 0) is 10.0 Å². The van der Waals surface area contributed by atoms with Gasteiger partial charge in [0.2, 0.25) is 10.0 Å². The highest BCUT2D eigenvalue weighted by atomic mass is 79.9. The summed E-state index contributed by atoms with van der Waals surface area (Å²) in [5.41, 5.74) is 0.696. The van der Waals surface area contributed by atoms with Crippen molar-refractivity contribution >= 4 is 26.0 Å². The molecule has 6 heteroatoms. The van der Waals surface area contributed by atoms with Crippen LogP contribution < -0.4 is 0 Å². The van der Waals surface area contributed by atoms with E-state index in [1.807, 2.05) is 6.07 Å². The number of halogens is 1. The number of hydrogen-bond donors (Lipinski definition) is 1. The molecular formula is C12H18BrNO3S. The molecule has 1 rings (SSSR count). The van der Waals surface area contributed by atoms with Crippen LogP contribution in [-0.4, -0.2) is 37.5 Å². The van der Waals surface area contributed by atoms with Gasteiger partial charge in [-0.25, -0.2) is 12.7 Å². The molecule has 0 heterocycles. The molecule has 102 valence electrons. The third kappa shape index (κ3) is 3.54. The van der Waals surface area contributed by atoms with Crippen LogP contribution in [0.15, 0.2) is 27.6 Å². The number of benzene rings is 1. The first-order chi connectivity index (χ1) is 8.26. The van der Waals surface area contributed by atoms with Crippen LogP contribution in [0.5, 0.6) is 0 Å². The Hall–Kier alpha value is -0.430. The zero-order chi connectivity index (χ0) is 13.9. The lowest BCUT2D eigenvalue weighted by Crippen LogP contribution is -2.30. The van der Waals surface area contributed by atoms with Gasteiger partial charge in [0.1, 0.15) is 0 Å². The van der Waals surface area contributed by atoms with Gasteiger partial charge in [-0.15, -0.1) is 0 Å². The van der Waals surface area contributed by atoms with E-state index in [2.05, 4.69) is 15.9 Å². The minimum Gasteiger partial charge on any atom is -0.393 e. The van der Waals surface area contributed by atoms with Crippen molar-refractivity contribution in [1.82, 2.24) is 4.31 Å². The second-order valence-electron chi connectivity index (χ2n) is 4.33. The van der Waals surface area contributed by atoms with E-state index in [1.165, 1.54) is 11.4 Å². The lowest BCUT2D eigenvalue weighted by atomic mass is 10.2. The van der Waals surface area contributed by atoms with E-state index in [0.717, 1.165) is 4.47 Å². The zero-order valence-electron chi connectivity index (χ0n) is 10.7. The molecular weight excluding hydrogens is 318 g/mol. The van der Waals surface area contributed by atoms with Crippen LogP contribution in [0.4, 0.5) is 0 Å². The third-order valence-corrected chi connectivity index (χ3v) is 5.63. The average molecular weight is 336 g/mol. The zero-order valence-corrected chi connectivity index (χ0v) is 13.1. The molecule has 18 heavy (non-hydrogen) atoms. The van der Waals surface area contributed by atoms with E-state index in [9.17, 15) is 13.5 Å². The summed E-state index contributed by atoms with van der Waals surface area (Å²) < 4.78 is 26.7. The van der Waals surface area contributed by atoms with Gasteiger partial charge in [-0.05, 0) is 38.0 Å². The van der Waals surface area contributed by atoms with Gasteiger partial charge in [0, 0.05) is 18.1 Å². The van der Waals surface area contributed by atoms with E-state index in [4.69, 9.17) is 0 Å². The minimum absolute atomic E-state index is 0.296. The van der Waals surface area contributed by atoms with Crippen LogP contribution >= 0.6 is 15.9 Å². The van der Waals surface area contributed by atoms with Crippen LogP contribution in [0.1, 0.15) is 18.9 Å². The Morgan fingerprint density at radius 1 is 1.44 bits per heavy atom. The van der Waals surface area contributed by atoms with Crippen molar-refractivity contribution in [3.63, 3.8) is 0 Å². The Bertz CT molecular complexity index is 514. The Kier molecular flexibility index (Phi) is 5.33. The predicted octanol–water partition coefficient (Wildman–Crippen LogP) is 2.15. The molecule has 1 aromatic carbocycles. The quantitative estimate of drug-likeness (QED) is 0.896. The summed E-state index contributed by atoms with van der Waals surface area (Å²) in [7, 11) is -1.97. The molecule has 4 nitrogen and oxygen atoms in total. The van der Waals surface area contributed by atoms with Gasteiger partial charge in [0.25, 0.3) is 0 Å². The van der Waals surface area contributed by atoms with Crippen molar-refractivity contribution in [2.45, 2.75) is 31.3 Å². The van der Waals surface area contributed by atoms with Gasteiger partial charge < -0.3 is 5.11 Å². The first-order valence-corrected chi connectivity index (χ1v) is 7.89. The summed E-state index contributed by atoms with van der Waals surface area (Å²) in [4.78, 5) is 0.296. The summed E-state index contributed by atoms with van der Waals surface area (Å²) in [5, 5.41) is 9.21. The molecule has 0 radical (unpaired) electrons. The van der Waals surface area contributed by atoms with Crippen molar-refractivity contribution in [3.05, 3.63) is 28.2 Å². The molecule has 0 aliphatic carbocycles. The number of nitrogens with zero attached hydrogens (tertiary/aromatic N) is 1. The van der Waals surface area contributed by atoms with Crippen LogP contribution in [0, 0.1) is 6.92 Å². The number of rotatable bonds is 5.